The standard InChI is InChI=1S/C20H36N2O2S/c1-4-7-8-9-12-19-13-15-20(16-14-19)25(23,24)21-17-10-11-18-22(5-2)6-3/h13-16,21H,4-12,17-18H2,1-3H3. The minimum absolute atomic E-state index is 0.369. The number of hydrogen-bond donors (Lipinski definition) is 1. The number of benzene rings is 1. The van der Waals surface area contributed by atoms with Crippen LogP contribution < -0.4 is 4.72 Å². The Balaban J connectivity index is 2.37. The van der Waals surface area contributed by atoms with Crippen molar-refractivity contribution < 1.29 is 8.42 Å². The molecule has 0 aliphatic carbocycles. The van der Waals surface area contributed by atoms with Gasteiger partial charge in [-0.15, -0.1) is 0 Å². The molecule has 1 N–H and O–H groups in total. The zero-order valence-corrected chi connectivity index (χ0v) is 17.1. The van der Waals surface area contributed by atoms with Crippen LogP contribution in [-0.4, -0.2) is 39.5 Å². The van der Waals surface area contributed by atoms with Crippen LogP contribution in [0.25, 0.3) is 0 Å². The summed E-state index contributed by atoms with van der Waals surface area (Å²) in [5.74, 6) is 0. The summed E-state index contributed by atoms with van der Waals surface area (Å²) in [6.07, 6.45) is 7.82. The summed E-state index contributed by atoms with van der Waals surface area (Å²) >= 11 is 0. The van der Waals surface area contributed by atoms with Crippen LogP contribution in [0.4, 0.5) is 0 Å². The molecule has 0 aromatic heterocycles. The Kier molecular flexibility index (Phi) is 11.0. The van der Waals surface area contributed by atoms with Gasteiger partial charge in [0.2, 0.25) is 10.0 Å². The number of nitrogens with one attached hydrogen (secondary N) is 1. The topological polar surface area (TPSA) is 49.4 Å². The molecule has 0 saturated heterocycles. The molecule has 0 heterocycles. The lowest BCUT2D eigenvalue weighted by Crippen LogP contribution is -2.27. The predicted molar refractivity (Wildman–Crippen MR) is 106 cm³/mol. The summed E-state index contributed by atoms with van der Waals surface area (Å²) in [5.41, 5.74) is 1.22. The number of nitrogens with zero attached hydrogens (tertiary/aromatic N) is 1. The molecule has 0 aliphatic rings. The van der Waals surface area contributed by atoms with E-state index < -0.39 is 10.0 Å². The summed E-state index contributed by atoms with van der Waals surface area (Å²) in [6.45, 7) is 10.1. The minimum Gasteiger partial charge on any atom is -0.304 e. The predicted octanol–water partition coefficient (Wildman–Crippen LogP) is 4.21. The van der Waals surface area contributed by atoms with Crippen LogP contribution in [0.1, 0.15) is 64.9 Å². The van der Waals surface area contributed by atoms with E-state index in [0.29, 0.717) is 11.4 Å². The van der Waals surface area contributed by atoms with Crippen molar-refractivity contribution in [2.24, 2.45) is 0 Å². The third kappa shape index (κ3) is 8.84. The molecule has 0 saturated carbocycles. The van der Waals surface area contributed by atoms with Crippen molar-refractivity contribution in [1.82, 2.24) is 9.62 Å². The van der Waals surface area contributed by atoms with Crippen LogP contribution >= 0.6 is 0 Å². The van der Waals surface area contributed by atoms with E-state index in [0.717, 1.165) is 38.9 Å². The first kappa shape index (κ1) is 22.1. The average Bonchev–Trinajstić information content (AvgIpc) is 2.62. The fourth-order valence-corrected chi connectivity index (χ4v) is 3.96. The highest BCUT2D eigenvalue weighted by Crippen LogP contribution is 2.13. The van der Waals surface area contributed by atoms with Gasteiger partial charge in [-0.1, -0.05) is 52.2 Å². The number of unbranched alkanes of at least 4 members (excludes halogenated alkanes) is 4. The zero-order chi connectivity index (χ0) is 18.5. The molecule has 0 radical (unpaired) electrons. The fraction of sp³-hybridized carbons (Fsp3) is 0.700. The SMILES string of the molecule is CCCCCCc1ccc(S(=O)(=O)NCCCCN(CC)CC)cc1. The fourth-order valence-electron chi connectivity index (χ4n) is 2.88. The first-order valence-electron chi connectivity index (χ1n) is 9.84. The van der Waals surface area contributed by atoms with E-state index in [1.54, 1.807) is 12.1 Å². The third-order valence-corrected chi connectivity index (χ3v) is 6.12. The first-order chi connectivity index (χ1) is 12.0. The number of aryl methyl sites for hydroxylation is 1. The Morgan fingerprint density at radius 2 is 1.56 bits per heavy atom. The normalized spacial score (nSPS) is 12.0. The molecule has 0 unspecified atom stereocenters. The van der Waals surface area contributed by atoms with E-state index in [4.69, 9.17) is 0 Å². The molecule has 5 heteroatoms. The first-order valence-corrected chi connectivity index (χ1v) is 11.3. The van der Waals surface area contributed by atoms with Crippen molar-refractivity contribution in [3.8, 4) is 0 Å². The smallest absolute Gasteiger partial charge is 0.240 e. The summed E-state index contributed by atoms with van der Waals surface area (Å²) in [4.78, 5) is 2.72. The van der Waals surface area contributed by atoms with Gasteiger partial charge in [-0.25, -0.2) is 13.1 Å². The lowest BCUT2D eigenvalue weighted by atomic mass is 10.1. The molecule has 1 aromatic rings. The molecule has 0 spiro atoms. The molecule has 0 fully saturated rings. The molecule has 25 heavy (non-hydrogen) atoms. The van der Waals surface area contributed by atoms with Crippen LogP contribution in [0.3, 0.4) is 0 Å². The molecule has 0 aliphatic heterocycles. The van der Waals surface area contributed by atoms with Crippen LogP contribution in [0.2, 0.25) is 0 Å². The van der Waals surface area contributed by atoms with E-state index in [1.165, 1.54) is 31.2 Å². The van der Waals surface area contributed by atoms with E-state index >= 15 is 0 Å². The summed E-state index contributed by atoms with van der Waals surface area (Å²) in [5, 5.41) is 0. The molecule has 1 aromatic carbocycles. The van der Waals surface area contributed by atoms with Crippen molar-refractivity contribution in [3.63, 3.8) is 0 Å². The number of sulfonamides is 1. The van der Waals surface area contributed by atoms with Crippen molar-refractivity contribution in [1.29, 1.82) is 0 Å². The Bertz CT molecular complexity index is 552. The monoisotopic (exact) mass is 368 g/mol. The Morgan fingerprint density at radius 3 is 2.16 bits per heavy atom. The average molecular weight is 369 g/mol. The van der Waals surface area contributed by atoms with Gasteiger partial charge in [0, 0.05) is 6.54 Å². The number of hydrogen-bond acceptors (Lipinski definition) is 3. The van der Waals surface area contributed by atoms with Gasteiger partial charge in [0.05, 0.1) is 4.90 Å². The van der Waals surface area contributed by atoms with Crippen LogP contribution in [0.5, 0.6) is 0 Å². The lowest BCUT2D eigenvalue weighted by Gasteiger charge is -2.17. The van der Waals surface area contributed by atoms with Gasteiger partial charge >= 0.3 is 0 Å². The van der Waals surface area contributed by atoms with E-state index in [-0.39, 0.29) is 0 Å². The van der Waals surface area contributed by atoms with Crippen molar-refractivity contribution in [3.05, 3.63) is 29.8 Å². The van der Waals surface area contributed by atoms with Crippen LogP contribution in [-0.2, 0) is 16.4 Å². The van der Waals surface area contributed by atoms with Gasteiger partial charge < -0.3 is 4.90 Å². The molecule has 0 amide bonds. The highest BCUT2D eigenvalue weighted by Gasteiger charge is 2.13. The van der Waals surface area contributed by atoms with Gasteiger partial charge in [0.15, 0.2) is 0 Å². The Labute approximate surface area is 155 Å². The van der Waals surface area contributed by atoms with Crippen molar-refractivity contribution >= 4 is 10.0 Å². The Morgan fingerprint density at radius 1 is 0.880 bits per heavy atom. The number of rotatable bonds is 14. The molecule has 0 atom stereocenters. The maximum atomic E-state index is 12.3. The third-order valence-electron chi connectivity index (χ3n) is 4.64. The summed E-state index contributed by atoms with van der Waals surface area (Å²) in [6, 6.07) is 7.35. The molecule has 0 bridgehead atoms. The zero-order valence-electron chi connectivity index (χ0n) is 16.3. The molecular weight excluding hydrogens is 332 g/mol. The van der Waals surface area contributed by atoms with E-state index in [1.807, 2.05) is 12.1 Å². The molecule has 4 nitrogen and oxygen atoms in total. The maximum Gasteiger partial charge on any atom is 0.240 e. The maximum absolute atomic E-state index is 12.3. The molecule has 1 rings (SSSR count). The van der Waals surface area contributed by atoms with Gasteiger partial charge in [-0.3, -0.25) is 0 Å². The summed E-state index contributed by atoms with van der Waals surface area (Å²) < 4.78 is 27.4. The van der Waals surface area contributed by atoms with E-state index in [2.05, 4.69) is 30.4 Å². The van der Waals surface area contributed by atoms with Gasteiger partial charge in [-0.05, 0) is 63.0 Å². The van der Waals surface area contributed by atoms with Gasteiger partial charge in [0.1, 0.15) is 0 Å². The largest absolute Gasteiger partial charge is 0.304 e. The quantitative estimate of drug-likeness (QED) is 0.500. The second-order valence-corrected chi connectivity index (χ2v) is 8.35. The minimum atomic E-state index is -3.38. The van der Waals surface area contributed by atoms with Crippen molar-refractivity contribution in [2.75, 3.05) is 26.2 Å². The Hall–Kier alpha value is -0.910. The van der Waals surface area contributed by atoms with Crippen LogP contribution in [0.15, 0.2) is 29.2 Å². The highest BCUT2D eigenvalue weighted by atomic mass is 32.2. The lowest BCUT2D eigenvalue weighted by molar-refractivity contribution is 0.297. The second-order valence-electron chi connectivity index (χ2n) is 6.59. The second kappa shape index (κ2) is 12.4. The molecular formula is C20H36N2O2S. The van der Waals surface area contributed by atoms with Gasteiger partial charge in [-0.2, -0.15) is 0 Å². The highest BCUT2D eigenvalue weighted by molar-refractivity contribution is 7.89. The van der Waals surface area contributed by atoms with Gasteiger partial charge in [0.25, 0.3) is 0 Å². The molecule has 144 valence electrons. The van der Waals surface area contributed by atoms with E-state index in [9.17, 15) is 8.42 Å². The van der Waals surface area contributed by atoms with Crippen molar-refractivity contribution in [2.45, 2.75) is 70.6 Å². The summed E-state index contributed by atoms with van der Waals surface area (Å²) in [7, 11) is -3.38. The van der Waals surface area contributed by atoms with Crippen LogP contribution in [0, 0.1) is 0 Å².